The lowest BCUT2D eigenvalue weighted by atomic mass is 10.1. The topological polar surface area (TPSA) is 3.24 Å². The Kier molecular flexibility index (Phi) is 2.26. The number of benzene rings is 1. The zero-order chi connectivity index (χ0) is 9.26. The molecule has 0 spiro atoms. The highest BCUT2D eigenvalue weighted by atomic mass is 15.2. The van der Waals surface area contributed by atoms with Gasteiger partial charge in [0.1, 0.15) is 0 Å². The van der Waals surface area contributed by atoms with Crippen LogP contribution in [0.15, 0.2) is 18.2 Å². The second-order valence-corrected chi connectivity index (χ2v) is 3.41. The van der Waals surface area contributed by atoms with Crippen LogP contribution in [0.4, 0.5) is 5.69 Å². The molecule has 13 heavy (non-hydrogen) atoms. The van der Waals surface area contributed by atoms with Crippen LogP contribution >= 0.6 is 0 Å². The number of hydrogen-bond acceptors (Lipinski definition) is 1. The van der Waals surface area contributed by atoms with Crippen molar-refractivity contribution in [3.63, 3.8) is 0 Å². The first-order valence-corrected chi connectivity index (χ1v) is 5.31. The van der Waals surface area contributed by atoms with E-state index >= 15 is 0 Å². The third-order valence-corrected chi connectivity index (χ3v) is 2.82. The van der Waals surface area contributed by atoms with Crippen LogP contribution in [0.1, 0.15) is 25.0 Å². The van der Waals surface area contributed by atoms with Crippen LogP contribution in [0.5, 0.6) is 0 Å². The highest BCUT2D eigenvalue weighted by Gasteiger charge is 2.26. The van der Waals surface area contributed by atoms with Crippen molar-refractivity contribution in [3.05, 3.63) is 29.3 Å². The third kappa shape index (κ3) is 1.23. The van der Waals surface area contributed by atoms with Crippen LogP contribution in [0.3, 0.4) is 0 Å². The van der Waals surface area contributed by atoms with E-state index in [-0.39, 0.29) is 0 Å². The molecular formula is C12H17N. The van der Waals surface area contributed by atoms with Crippen molar-refractivity contribution in [3.8, 4) is 0 Å². The van der Waals surface area contributed by atoms with Gasteiger partial charge in [0.15, 0.2) is 0 Å². The van der Waals surface area contributed by atoms with Crippen molar-refractivity contribution in [2.45, 2.75) is 26.7 Å². The maximum absolute atomic E-state index is 2.52. The molecule has 3 rings (SSSR count). The molecular weight excluding hydrogens is 158 g/mol. The van der Waals surface area contributed by atoms with E-state index < -0.39 is 0 Å². The van der Waals surface area contributed by atoms with Crippen molar-refractivity contribution in [2.24, 2.45) is 0 Å². The van der Waals surface area contributed by atoms with Gasteiger partial charge in [-0.05, 0) is 24.0 Å². The van der Waals surface area contributed by atoms with Gasteiger partial charge in [0, 0.05) is 18.8 Å². The van der Waals surface area contributed by atoms with Gasteiger partial charge < -0.3 is 4.90 Å². The summed E-state index contributed by atoms with van der Waals surface area (Å²) in [6.07, 6.45) is 2.53. The van der Waals surface area contributed by atoms with E-state index in [0.29, 0.717) is 0 Å². The zero-order valence-corrected chi connectivity index (χ0v) is 8.51. The van der Waals surface area contributed by atoms with Gasteiger partial charge >= 0.3 is 0 Å². The van der Waals surface area contributed by atoms with Crippen LogP contribution < -0.4 is 4.90 Å². The third-order valence-electron chi connectivity index (χ3n) is 2.82. The van der Waals surface area contributed by atoms with E-state index in [4.69, 9.17) is 0 Å². The summed E-state index contributed by atoms with van der Waals surface area (Å²) < 4.78 is 0. The van der Waals surface area contributed by atoms with E-state index in [1.165, 1.54) is 25.9 Å². The molecule has 0 bridgehead atoms. The summed E-state index contributed by atoms with van der Waals surface area (Å²) in [5.74, 6) is 0. The standard InChI is InChI=1S/C10H11N.C2H6/c1-2-8-4-6-11-7-5-9(3-1)10(8)11;1-2/h1-3H,4-7H2;1-2H3. The average Bonchev–Trinajstić information content (AvgIpc) is 2.79. The summed E-state index contributed by atoms with van der Waals surface area (Å²) in [6, 6.07) is 6.73. The van der Waals surface area contributed by atoms with Crippen molar-refractivity contribution in [1.82, 2.24) is 0 Å². The van der Waals surface area contributed by atoms with Crippen molar-refractivity contribution in [1.29, 1.82) is 0 Å². The number of anilines is 1. The summed E-state index contributed by atoms with van der Waals surface area (Å²) >= 11 is 0. The van der Waals surface area contributed by atoms with Gasteiger partial charge in [0.25, 0.3) is 0 Å². The lowest BCUT2D eigenvalue weighted by molar-refractivity contribution is 0.855. The number of para-hydroxylation sites is 1. The molecule has 2 heterocycles. The molecule has 0 saturated heterocycles. The molecule has 1 nitrogen and oxygen atoms in total. The molecule has 1 heteroatoms. The smallest absolute Gasteiger partial charge is 0.0432 e. The second-order valence-electron chi connectivity index (χ2n) is 3.41. The van der Waals surface area contributed by atoms with E-state index in [1.807, 2.05) is 13.8 Å². The summed E-state index contributed by atoms with van der Waals surface area (Å²) in [6.45, 7) is 6.51. The Morgan fingerprint density at radius 1 is 1.00 bits per heavy atom. The number of nitrogens with zero attached hydrogens (tertiary/aromatic N) is 1. The lowest BCUT2D eigenvalue weighted by Crippen LogP contribution is -2.17. The molecule has 0 atom stereocenters. The fourth-order valence-electron chi connectivity index (χ4n) is 2.30. The number of hydrogen-bond donors (Lipinski definition) is 0. The van der Waals surface area contributed by atoms with Crippen LogP contribution in [-0.2, 0) is 12.8 Å². The summed E-state index contributed by atoms with van der Waals surface area (Å²) in [5, 5.41) is 0. The van der Waals surface area contributed by atoms with Crippen molar-refractivity contribution >= 4 is 5.69 Å². The molecule has 0 radical (unpaired) electrons. The van der Waals surface area contributed by atoms with Gasteiger partial charge in [0.05, 0.1) is 0 Å². The van der Waals surface area contributed by atoms with Crippen LogP contribution in [-0.4, -0.2) is 13.1 Å². The molecule has 0 aromatic heterocycles. The van der Waals surface area contributed by atoms with Gasteiger partial charge in [-0.1, -0.05) is 32.0 Å². The minimum absolute atomic E-state index is 1.26. The van der Waals surface area contributed by atoms with E-state index in [0.717, 1.165) is 0 Å². The fourth-order valence-corrected chi connectivity index (χ4v) is 2.30. The highest BCUT2D eigenvalue weighted by molar-refractivity contribution is 5.66. The van der Waals surface area contributed by atoms with Gasteiger partial charge in [-0.15, -0.1) is 0 Å². The molecule has 2 aliphatic rings. The molecule has 0 amide bonds. The van der Waals surface area contributed by atoms with Crippen LogP contribution in [0, 0.1) is 0 Å². The number of rotatable bonds is 0. The second kappa shape index (κ2) is 3.41. The maximum atomic E-state index is 2.52. The molecule has 0 aliphatic carbocycles. The minimum atomic E-state index is 1.26. The van der Waals surface area contributed by atoms with Crippen molar-refractivity contribution in [2.75, 3.05) is 18.0 Å². The van der Waals surface area contributed by atoms with E-state index in [2.05, 4.69) is 23.1 Å². The quantitative estimate of drug-likeness (QED) is 0.586. The minimum Gasteiger partial charge on any atom is -0.370 e. The Morgan fingerprint density at radius 2 is 1.54 bits per heavy atom. The SMILES string of the molecule is CC.c1cc2c3c(c1)CCN3CC2. The molecule has 2 aliphatic heterocycles. The summed E-state index contributed by atoms with van der Waals surface area (Å²) in [4.78, 5) is 2.52. The molecule has 1 aromatic rings. The van der Waals surface area contributed by atoms with Gasteiger partial charge in [-0.2, -0.15) is 0 Å². The maximum Gasteiger partial charge on any atom is 0.0432 e. The van der Waals surface area contributed by atoms with Crippen LogP contribution in [0.2, 0.25) is 0 Å². The Bertz CT molecular complexity index is 278. The summed E-state index contributed by atoms with van der Waals surface area (Å²) in [7, 11) is 0. The lowest BCUT2D eigenvalue weighted by Gasteiger charge is -2.10. The summed E-state index contributed by atoms with van der Waals surface area (Å²) in [5.41, 5.74) is 4.70. The van der Waals surface area contributed by atoms with Gasteiger partial charge in [-0.3, -0.25) is 0 Å². The predicted molar refractivity (Wildman–Crippen MR) is 57.4 cm³/mol. The molecule has 0 saturated carbocycles. The molecule has 0 fully saturated rings. The largest absolute Gasteiger partial charge is 0.370 e. The van der Waals surface area contributed by atoms with Crippen LogP contribution in [0.25, 0.3) is 0 Å². The monoisotopic (exact) mass is 175 g/mol. The molecule has 0 unspecified atom stereocenters. The average molecular weight is 175 g/mol. The molecule has 1 aromatic carbocycles. The Hall–Kier alpha value is -0.980. The zero-order valence-electron chi connectivity index (χ0n) is 8.51. The van der Waals surface area contributed by atoms with Gasteiger partial charge in [0.2, 0.25) is 0 Å². The Labute approximate surface area is 80.4 Å². The molecule has 0 N–H and O–H groups in total. The first kappa shape index (κ1) is 8.61. The van der Waals surface area contributed by atoms with E-state index in [1.54, 1.807) is 16.8 Å². The molecule has 70 valence electrons. The first-order chi connectivity index (χ1) is 6.45. The normalized spacial score (nSPS) is 16.6. The predicted octanol–water partition coefficient (Wildman–Crippen LogP) is 2.63. The highest BCUT2D eigenvalue weighted by Crippen LogP contribution is 2.36. The van der Waals surface area contributed by atoms with Gasteiger partial charge in [-0.25, -0.2) is 0 Å². The van der Waals surface area contributed by atoms with Crippen molar-refractivity contribution < 1.29 is 0 Å². The Morgan fingerprint density at radius 3 is 2.08 bits per heavy atom. The fraction of sp³-hybridized carbons (Fsp3) is 0.500. The Balaban J connectivity index is 0.000000308. The van der Waals surface area contributed by atoms with E-state index in [9.17, 15) is 0 Å². The first-order valence-electron chi connectivity index (χ1n) is 5.31.